The second kappa shape index (κ2) is 5.53. The van der Waals surface area contributed by atoms with Crippen molar-refractivity contribution in [2.45, 2.75) is 23.8 Å². The summed E-state index contributed by atoms with van der Waals surface area (Å²) in [7, 11) is 0. The lowest BCUT2D eigenvalue weighted by Gasteiger charge is -2.18. The van der Waals surface area contributed by atoms with Gasteiger partial charge in [-0.05, 0) is 30.5 Å². The number of hydrogen-bond acceptors (Lipinski definition) is 4. The fourth-order valence-corrected chi connectivity index (χ4v) is 2.55. The molecule has 4 nitrogen and oxygen atoms in total. The number of benzene rings is 1. The second-order valence-electron chi connectivity index (χ2n) is 3.97. The van der Waals surface area contributed by atoms with Gasteiger partial charge in [0.15, 0.2) is 0 Å². The van der Waals surface area contributed by atoms with Crippen LogP contribution in [0.3, 0.4) is 0 Å². The Morgan fingerprint density at radius 2 is 2.29 bits per heavy atom. The number of aliphatic hydroxyl groups is 2. The number of carbonyl (C=O) groups excluding carboxylic acids is 1. The quantitative estimate of drug-likeness (QED) is 0.761. The number of anilines is 1. The average Bonchev–Trinajstić information content (AvgIpc) is 2.35. The monoisotopic (exact) mass is 253 g/mol. The van der Waals surface area contributed by atoms with E-state index in [9.17, 15) is 9.90 Å². The fourth-order valence-electron chi connectivity index (χ4n) is 1.76. The van der Waals surface area contributed by atoms with Crippen molar-refractivity contribution in [1.82, 2.24) is 0 Å². The highest BCUT2D eigenvalue weighted by Gasteiger charge is 2.17. The zero-order valence-corrected chi connectivity index (χ0v) is 10.2. The Morgan fingerprint density at radius 1 is 1.47 bits per heavy atom. The number of fused-ring (bicyclic) bond motifs is 1. The van der Waals surface area contributed by atoms with Gasteiger partial charge >= 0.3 is 0 Å². The van der Waals surface area contributed by atoms with Crippen molar-refractivity contribution in [1.29, 1.82) is 0 Å². The van der Waals surface area contributed by atoms with Gasteiger partial charge < -0.3 is 15.5 Å². The van der Waals surface area contributed by atoms with E-state index >= 15 is 0 Å². The Balaban J connectivity index is 2.14. The minimum atomic E-state index is -0.587. The number of hydrogen-bond donors (Lipinski definition) is 3. The van der Waals surface area contributed by atoms with E-state index in [1.54, 1.807) is 6.07 Å². The van der Waals surface area contributed by atoms with E-state index in [4.69, 9.17) is 5.11 Å². The zero-order chi connectivity index (χ0) is 12.3. The van der Waals surface area contributed by atoms with Crippen molar-refractivity contribution in [3.8, 4) is 0 Å². The Bertz CT molecular complexity index is 422. The first-order chi connectivity index (χ1) is 8.20. The summed E-state index contributed by atoms with van der Waals surface area (Å²) in [5.41, 5.74) is 1.55. The molecule has 2 rings (SSSR count). The van der Waals surface area contributed by atoms with Gasteiger partial charge in [0.05, 0.1) is 17.5 Å². The number of aliphatic hydroxyl groups excluding tert-OH is 2. The molecule has 0 aromatic heterocycles. The average molecular weight is 253 g/mol. The maximum absolute atomic E-state index is 11.3. The number of carbonyl (C=O) groups is 1. The standard InChI is InChI=1S/C12H15NO3S/c14-5-1-2-10(15)8-3-4-11-9(6-8)13-12(16)7-17-11/h3-4,6,10,14-15H,1-2,5,7H2,(H,13,16). The van der Waals surface area contributed by atoms with E-state index in [-0.39, 0.29) is 12.5 Å². The Hall–Kier alpha value is -1.04. The molecule has 1 atom stereocenters. The molecule has 1 aromatic carbocycles. The maximum Gasteiger partial charge on any atom is 0.234 e. The lowest BCUT2D eigenvalue weighted by molar-refractivity contribution is -0.113. The van der Waals surface area contributed by atoms with Gasteiger partial charge in [0.25, 0.3) is 0 Å². The van der Waals surface area contributed by atoms with Gasteiger partial charge in [-0.3, -0.25) is 4.79 Å². The summed E-state index contributed by atoms with van der Waals surface area (Å²) in [5.74, 6) is 0.434. The van der Waals surface area contributed by atoms with Crippen molar-refractivity contribution in [3.63, 3.8) is 0 Å². The Kier molecular flexibility index (Phi) is 4.04. The van der Waals surface area contributed by atoms with Crippen molar-refractivity contribution >= 4 is 23.4 Å². The molecule has 0 saturated carbocycles. The second-order valence-corrected chi connectivity index (χ2v) is 4.99. The minimum Gasteiger partial charge on any atom is -0.396 e. The van der Waals surface area contributed by atoms with Crippen LogP contribution in [0.5, 0.6) is 0 Å². The van der Waals surface area contributed by atoms with Crippen LogP contribution in [0.4, 0.5) is 5.69 Å². The normalized spacial score (nSPS) is 16.2. The number of nitrogens with one attached hydrogen (secondary N) is 1. The lowest BCUT2D eigenvalue weighted by Crippen LogP contribution is -2.18. The largest absolute Gasteiger partial charge is 0.396 e. The summed E-state index contributed by atoms with van der Waals surface area (Å²) in [6, 6.07) is 5.59. The number of thioether (sulfide) groups is 1. The van der Waals surface area contributed by atoms with Crippen LogP contribution in [0, 0.1) is 0 Å². The van der Waals surface area contributed by atoms with Gasteiger partial charge in [0.1, 0.15) is 0 Å². The van der Waals surface area contributed by atoms with Crippen LogP contribution in [-0.4, -0.2) is 28.5 Å². The Morgan fingerprint density at radius 3 is 3.06 bits per heavy atom. The van der Waals surface area contributed by atoms with Crippen LogP contribution in [0.15, 0.2) is 23.1 Å². The van der Waals surface area contributed by atoms with E-state index in [2.05, 4.69) is 5.32 Å². The summed E-state index contributed by atoms with van der Waals surface area (Å²) in [4.78, 5) is 12.3. The van der Waals surface area contributed by atoms with Crippen molar-refractivity contribution < 1.29 is 15.0 Å². The first-order valence-corrected chi connectivity index (χ1v) is 6.55. The molecule has 0 radical (unpaired) electrons. The summed E-state index contributed by atoms with van der Waals surface area (Å²) in [6.07, 6.45) is 0.506. The van der Waals surface area contributed by atoms with Crippen molar-refractivity contribution in [2.75, 3.05) is 17.7 Å². The molecular weight excluding hydrogens is 238 g/mol. The van der Waals surface area contributed by atoms with E-state index in [0.717, 1.165) is 16.1 Å². The minimum absolute atomic E-state index is 0.00972. The van der Waals surface area contributed by atoms with E-state index < -0.39 is 6.10 Å². The van der Waals surface area contributed by atoms with Crippen LogP contribution in [0.25, 0.3) is 0 Å². The van der Waals surface area contributed by atoms with Crippen LogP contribution in [0.1, 0.15) is 24.5 Å². The van der Waals surface area contributed by atoms with Gasteiger partial charge in [0, 0.05) is 11.5 Å². The first kappa shape index (κ1) is 12.4. The fraction of sp³-hybridized carbons (Fsp3) is 0.417. The summed E-state index contributed by atoms with van der Waals surface area (Å²) >= 11 is 1.50. The van der Waals surface area contributed by atoms with Crippen LogP contribution >= 0.6 is 11.8 Å². The molecule has 1 aliphatic heterocycles. The van der Waals surface area contributed by atoms with Crippen LogP contribution in [-0.2, 0) is 4.79 Å². The zero-order valence-electron chi connectivity index (χ0n) is 9.35. The predicted molar refractivity (Wildman–Crippen MR) is 67.1 cm³/mol. The summed E-state index contributed by atoms with van der Waals surface area (Å²) < 4.78 is 0. The maximum atomic E-state index is 11.3. The Labute approximate surface area is 104 Å². The molecule has 17 heavy (non-hydrogen) atoms. The SMILES string of the molecule is O=C1CSc2ccc(C(O)CCCO)cc2N1. The third-order valence-corrected chi connectivity index (χ3v) is 3.73. The molecule has 0 fully saturated rings. The van der Waals surface area contributed by atoms with Gasteiger partial charge in [-0.15, -0.1) is 11.8 Å². The molecule has 1 heterocycles. The number of rotatable bonds is 4. The third kappa shape index (κ3) is 3.00. The molecule has 1 aliphatic rings. The summed E-state index contributed by atoms with van der Waals surface area (Å²) in [6.45, 7) is 0.0780. The molecule has 92 valence electrons. The van der Waals surface area contributed by atoms with Gasteiger partial charge in [-0.1, -0.05) is 6.07 Å². The molecule has 0 spiro atoms. The molecule has 5 heteroatoms. The first-order valence-electron chi connectivity index (χ1n) is 5.56. The molecular formula is C12H15NO3S. The van der Waals surface area contributed by atoms with Gasteiger partial charge in [-0.2, -0.15) is 0 Å². The molecule has 3 N–H and O–H groups in total. The van der Waals surface area contributed by atoms with Gasteiger partial charge in [-0.25, -0.2) is 0 Å². The lowest BCUT2D eigenvalue weighted by atomic mass is 10.0. The van der Waals surface area contributed by atoms with E-state index in [0.29, 0.717) is 18.6 Å². The van der Waals surface area contributed by atoms with Crippen molar-refractivity contribution in [2.24, 2.45) is 0 Å². The number of amides is 1. The smallest absolute Gasteiger partial charge is 0.234 e. The van der Waals surface area contributed by atoms with Crippen LogP contribution in [0.2, 0.25) is 0 Å². The van der Waals surface area contributed by atoms with E-state index in [1.807, 2.05) is 12.1 Å². The summed E-state index contributed by atoms with van der Waals surface area (Å²) in [5, 5.41) is 21.4. The van der Waals surface area contributed by atoms with E-state index in [1.165, 1.54) is 11.8 Å². The van der Waals surface area contributed by atoms with Gasteiger partial charge in [0.2, 0.25) is 5.91 Å². The molecule has 0 bridgehead atoms. The highest BCUT2D eigenvalue weighted by molar-refractivity contribution is 8.00. The molecule has 1 aromatic rings. The molecule has 0 aliphatic carbocycles. The predicted octanol–water partition coefficient (Wildman–Crippen LogP) is 1.54. The van der Waals surface area contributed by atoms with Crippen molar-refractivity contribution in [3.05, 3.63) is 23.8 Å². The molecule has 1 amide bonds. The topological polar surface area (TPSA) is 69.6 Å². The molecule has 0 saturated heterocycles. The highest BCUT2D eigenvalue weighted by Crippen LogP contribution is 2.33. The van der Waals surface area contributed by atoms with Crippen LogP contribution < -0.4 is 5.32 Å². The third-order valence-electron chi connectivity index (χ3n) is 2.66. The molecule has 1 unspecified atom stereocenters. The highest BCUT2D eigenvalue weighted by atomic mass is 32.2.